The van der Waals surface area contributed by atoms with Gasteiger partial charge in [0.25, 0.3) is 0 Å². The number of nitrogens with zero attached hydrogens (tertiary/aromatic N) is 2. The Kier molecular flexibility index (Phi) is 5.67. The summed E-state index contributed by atoms with van der Waals surface area (Å²) in [6.45, 7) is 2.27. The zero-order valence-corrected chi connectivity index (χ0v) is 17.7. The lowest BCUT2D eigenvalue weighted by Crippen LogP contribution is -2.48. The average Bonchev–Trinajstić information content (AvgIpc) is 3.15. The van der Waals surface area contributed by atoms with Gasteiger partial charge in [-0.15, -0.1) is 11.3 Å². The van der Waals surface area contributed by atoms with Crippen LogP contribution in [0.15, 0.2) is 53.4 Å². The number of hydrogen-bond acceptors (Lipinski definition) is 6. The Hall–Kier alpha value is -2.29. The third kappa shape index (κ3) is 4.19. The molecule has 8 heteroatoms. The van der Waals surface area contributed by atoms with Crippen molar-refractivity contribution in [3.63, 3.8) is 0 Å². The van der Waals surface area contributed by atoms with Crippen LogP contribution in [0, 0.1) is 6.92 Å². The summed E-state index contributed by atoms with van der Waals surface area (Å²) in [6.07, 6.45) is 1.98. The summed E-state index contributed by atoms with van der Waals surface area (Å²) in [4.78, 5) is 17.4. The highest BCUT2D eigenvalue weighted by Crippen LogP contribution is 2.27. The van der Waals surface area contributed by atoms with Crippen LogP contribution in [0.3, 0.4) is 0 Å². The third-order valence-corrected chi connectivity index (χ3v) is 7.96. The number of benzene rings is 2. The first-order valence-electron chi connectivity index (χ1n) is 9.55. The number of fused-ring (bicyclic) bond motifs is 1. The lowest BCUT2D eigenvalue weighted by Gasteiger charge is -2.33. The molecule has 0 aliphatic carbocycles. The molecule has 4 rings (SSSR count). The molecule has 1 aromatic heterocycles. The second-order valence-electron chi connectivity index (χ2n) is 7.12. The second-order valence-corrected chi connectivity index (χ2v) is 10.1. The fourth-order valence-electron chi connectivity index (χ4n) is 3.48. The van der Waals surface area contributed by atoms with Crippen molar-refractivity contribution in [2.24, 2.45) is 0 Å². The molecule has 0 saturated carbocycles. The Morgan fingerprint density at radius 1 is 1.17 bits per heavy atom. The number of carbonyl (C=O) groups excluding carboxylic acids is 1. The van der Waals surface area contributed by atoms with Crippen molar-refractivity contribution in [1.29, 1.82) is 0 Å². The SMILES string of the molecule is Cc1ccc(S(=O)(=O)N2CCCC[C@H]2C(=O)OCc2nc3ccccc3s2)cc1. The number of esters is 1. The first-order chi connectivity index (χ1) is 13.9. The maximum atomic E-state index is 13.1. The topological polar surface area (TPSA) is 76.6 Å². The number of piperidine rings is 1. The van der Waals surface area contributed by atoms with E-state index in [1.807, 2.05) is 31.2 Å². The number of aromatic nitrogens is 1. The molecule has 1 fully saturated rings. The number of carbonyl (C=O) groups is 1. The largest absolute Gasteiger partial charge is 0.457 e. The van der Waals surface area contributed by atoms with Crippen molar-refractivity contribution in [3.05, 3.63) is 59.1 Å². The molecule has 6 nitrogen and oxygen atoms in total. The van der Waals surface area contributed by atoms with Crippen LogP contribution in [0.4, 0.5) is 0 Å². The molecular formula is C21H22N2O4S2. The van der Waals surface area contributed by atoms with E-state index >= 15 is 0 Å². The Morgan fingerprint density at radius 2 is 1.93 bits per heavy atom. The standard InChI is InChI=1S/C21H22N2O4S2/c1-15-9-11-16(12-10-15)29(25,26)23-13-5-4-7-18(23)21(24)27-14-20-22-17-6-2-3-8-19(17)28-20/h2-3,6,8-12,18H,4-5,7,13-14H2,1H3/t18-/m0/s1. The maximum Gasteiger partial charge on any atom is 0.324 e. The molecule has 152 valence electrons. The van der Waals surface area contributed by atoms with Gasteiger partial charge in [-0.25, -0.2) is 13.4 Å². The Balaban J connectivity index is 1.50. The molecular weight excluding hydrogens is 408 g/mol. The predicted octanol–water partition coefficient (Wildman–Crippen LogP) is 3.89. The second kappa shape index (κ2) is 8.22. The lowest BCUT2D eigenvalue weighted by atomic mass is 10.1. The van der Waals surface area contributed by atoms with Crippen LogP contribution in [0.25, 0.3) is 10.2 Å². The summed E-state index contributed by atoms with van der Waals surface area (Å²) in [5.74, 6) is -0.514. The first kappa shape index (κ1) is 20.0. The number of hydrogen-bond donors (Lipinski definition) is 0. The summed E-state index contributed by atoms with van der Waals surface area (Å²) >= 11 is 1.47. The van der Waals surface area contributed by atoms with Gasteiger partial charge in [-0.2, -0.15) is 4.31 Å². The van der Waals surface area contributed by atoms with Crippen molar-refractivity contribution in [1.82, 2.24) is 9.29 Å². The summed E-state index contributed by atoms with van der Waals surface area (Å²) in [7, 11) is -3.76. The molecule has 29 heavy (non-hydrogen) atoms. The van der Waals surface area contributed by atoms with Gasteiger partial charge in [0.1, 0.15) is 17.7 Å². The molecule has 1 aliphatic heterocycles. The minimum absolute atomic E-state index is 0.0487. The fourth-order valence-corrected chi connectivity index (χ4v) is 6.01. The number of sulfonamides is 1. The van der Waals surface area contributed by atoms with Gasteiger partial charge in [0.15, 0.2) is 0 Å². The van der Waals surface area contributed by atoms with Crippen molar-refractivity contribution in [3.8, 4) is 0 Å². The van der Waals surface area contributed by atoms with Gasteiger partial charge in [0.05, 0.1) is 15.1 Å². The quantitative estimate of drug-likeness (QED) is 0.574. The molecule has 0 spiro atoms. The van der Waals surface area contributed by atoms with Crippen molar-refractivity contribution in [2.75, 3.05) is 6.54 Å². The van der Waals surface area contributed by atoms with E-state index in [9.17, 15) is 13.2 Å². The van der Waals surface area contributed by atoms with Crippen LogP contribution < -0.4 is 0 Å². The van der Waals surface area contributed by atoms with Crippen LogP contribution in [0.2, 0.25) is 0 Å². The third-order valence-electron chi connectivity index (χ3n) is 5.03. The Labute approximate surface area is 174 Å². The highest BCUT2D eigenvalue weighted by molar-refractivity contribution is 7.89. The lowest BCUT2D eigenvalue weighted by molar-refractivity contribution is -0.150. The zero-order chi connectivity index (χ0) is 20.4. The molecule has 3 aromatic rings. The molecule has 2 aromatic carbocycles. The maximum absolute atomic E-state index is 13.1. The first-order valence-corrected chi connectivity index (χ1v) is 11.8. The molecule has 1 aliphatic rings. The molecule has 1 atom stereocenters. The van der Waals surface area contributed by atoms with E-state index in [0.717, 1.165) is 28.6 Å². The van der Waals surface area contributed by atoms with Crippen LogP contribution in [0.1, 0.15) is 29.8 Å². The van der Waals surface area contributed by atoms with E-state index in [-0.39, 0.29) is 11.5 Å². The highest BCUT2D eigenvalue weighted by atomic mass is 32.2. The van der Waals surface area contributed by atoms with Crippen LogP contribution in [-0.4, -0.2) is 36.3 Å². The van der Waals surface area contributed by atoms with Gasteiger partial charge in [-0.1, -0.05) is 29.8 Å². The van der Waals surface area contributed by atoms with Gasteiger partial charge in [0.2, 0.25) is 10.0 Å². The monoisotopic (exact) mass is 430 g/mol. The Bertz CT molecular complexity index is 1090. The van der Waals surface area contributed by atoms with Gasteiger partial charge in [-0.05, 0) is 50.5 Å². The molecule has 0 bridgehead atoms. The van der Waals surface area contributed by atoms with E-state index in [1.165, 1.54) is 15.6 Å². The van der Waals surface area contributed by atoms with Crippen molar-refractivity contribution < 1.29 is 17.9 Å². The van der Waals surface area contributed by atoms with Crippen molar-refractivity contribution >= 4 is 37.5 Å². The molecule has 0 radical (unpaired) electrons. The summed E-state index contributed by atoms with van der Waals surface area (Å²) < 4.78 is 34.0. The smallest absolute Gasteiger partial charge is 0.324 e. The van der Waals surface area contributed by atoms with Crippen LogP contribution >= 0.6 is 11.3 Å². The zero-order valence-electron chi connectivity index (χ0n) is 16.1. The summed E-state index contributed by atoms with van der Waals surface area (Å²) in [5.41, 5.74) is 1.85. The van der Waals surface area contributed by atoms with Gasteiger partial charge < -0.3 is 4.74 Å². The molecule has 2 heterocycles. The number of rotatable bonds is 5. The molecule has 0 N–H and O–H groups in total. The van der Waals surface area contributed by atoms with Crippen LogP contribution in [-0.2, 0) is 26.2 Å². The highest BCUT2D eigenvalue weighted by Gasteiger charge is 2.38. The van der Waals surface area contributed by atoms with Crippen LogP contribution in [0.5, 0.6) is 0 Å². The number of ether oxygens (including phenoxy) is 1. The van der Waals surface area contributed by atoms with Gasteiger partial charge >= 0.3 is 5.97 Å². The predicted molar refractivity (Wildman–Crippen MR) is 112 cm³/mol. The Morgan fingerprint density at radius 3 is 2.69 bits per heavy atom. The van der Waals surface area contributed by atoms with E-state index in [4.69, 9.17) is 4.74 Å². The fraction of sp³-hybridized carbons (Fsp3) is 0.333. The van der Waals surface area contributed by atoms with E-state index in [1.54, 1.807) is 24.3 Å². The molecule has 0 unspecified atom stereocenters. The number of para-hydroxylation sites is 1. The normalized spacial score (nSPS) is 18.0. The van der Waals surface area contributed by atoms with E-state index < -0.39 is 22.0 Å². The van der Waals surface area contributed by atoms with Gasteiger partial charge in [0, 0.05) is 6.54 Å². The minimum Gasteiger partial charge on any atom is -0.457 e. The van der Waals surface area contributed by atoms with Crippen molar-refractivity contribution in [2.45, 2.75) is 43.7 Å². The van der Waals surface area contributed by atoms with E-state index in [2.05, 4.69) is 4.98 Å². The summed E-state index contributed by atoms with van der Waals surface area (Å²) in [6, 6.07) is 13.6. The number of aryl methyl sites for hydroxylation is 1. The minimum atomic E-state index is -3.76. The average molecular weight is 431 g/mol. The van der Waals surface area contributed by atoms with E-state index in [0.29, 0.717) is 18.0 Å². The van der Waals surface area contributed by atoms with Gasteiger partial charge in [-0.3, -0.25) is 4.79 Å². The number of thiazole rings is 1. The summed E-state index contributed by atoms with van der Waals surface area (Å²) in [5, 5.41) is 0.698. The molecule has 0 amide bonds. The molecule has 1 saturated heterocycles.